The molecule has 1 rings (SSSR count). The highest BCUT2D eigenvalue weighted by atomic mass is 32.2. The summed E-state index contributed by atoms with van der Waals surface area (Å²) >= 11 is 1.87. The lowest BCUT2D eigenvalue weighted by Crippen LogP contribution is -2.49. The lowest BCUT2D eigenvalue weighted by molar-refractivity contribution is -0.138. The minimum absolute atomic E-state index is 0.0987. The molecule has 0 aromatic rings. The van der Waals surface area contributed by atoms with Gasteiger partial charge in [0.2, 0.25) is 0 Å². The molecule has 1 aliphatic heterocycles. The van der Waals surface area contributed by atoms with Crippen molar-refractivity contribution in [1.82, 2.24) is 10.2 Å². The molecule has 104 valence electrons. The Kier molecular flexibility index (Phi) is 5.31. The van der Waals surface area contributed by atoms with E-state index in [1.54, 1.807) is 0 Å². The van der Waals surface area contributed by atoms with E-state index >= 15 is 0 Å². The highest BCUT2D eigenvalue weighted by Crippen LogP contribution is 2.36. The summed E-state index contributed by atoms with van der Waals surface area (Å²) in [6.07, 6.45) is 2.28. The number of carboxylic acid groups (broad SMARTS) is 1. The number of carbonyl (C=O) groups is 2. The highest BCUT2D eigenvalue weighted by Gasteiger charge is 2.30. The summed E-state index contributed by atoms with van der Waals surface area (Å²) in [5.41, 5.74) is 0. The molecule has 1 atom stereocenters. The summed E-state index contributed by atoms with van der Waals surface area (Å²) in [5.74, 6) is 0.148. The molecule has 2 N–H and O–H groups in total. The Labute approximate surface area is 112 Å². The molecule has 5 nitrogen and oxygen atoms in total. The molecular weight excluding hydrogens is 252 g/mol. The number of carboxylic acids is 1. The molecule has 0 saturated carbocycles. The number of amides is 2. The van der Waals surface area contributed by atoms with Crippen LogP contribution in [0.25, 0.3) is 0 Å². The molecule has 2 amide bonds. The van der Waals surface area contributed by atoms with Gasteiger partial charge in [0.1, 0.15) is 6.54 Å². The predicted octanol–water partition coefficient (Wildman–Crippen LogP) is 1.78. The summed E-state index contributed by atoms with van der Waals surface area (Å²) in [7, 11) is 0. The average Bonchev–Trinajstić information content (AvgIpc) is 2.70. The summed E-state index contributed by atoms with van der Waals surface area (Å²) < 4.78 is 0.0987. The lowest BCUT2D eigenvalue weighted by atomic mass is 10.1. The zero-order valence-electron chi connectivity index (χ0n) is 11.2. The van der Waals surface area contributed by atoms with Crippen molar-refractivity contribution >= 4 is 23.8 Å². The van der Waals surface area contributed by atoms with Gasteiger partial charge in [0.05, 0.1) is 0 Å². The Morgan fingerprint density at radius 2 is 2.17 bits per heavy atom. The number of urea groups is 1. The van der Waals surface area contributed by atoms with Crippen LogP contribution in [0.3, 0.4) is 0 Å². The Hall–Kier alpha value is -0.910. The number of hydrogen-bond donors (Lipinski definition) is 2. The number of nitrogens with one attached hydrogen (secondary N) is 1. The van der Waals surface area contributed by atoms with Crippen LogP contribution in [0.2, 0.25) is 0 Å². The summed E-state index contributed by atoms with van der Waals surface area (Å²) in [6.45, 7) is 6.11. The van der Waals surface area contributed by atoms with E-state index in [0.717, 1.165) is 12.2 Å². The Morgan fingerprint density at radius 1 is 1.50 bits per heavy atom. The van der Waals surface area contributed by atoms with Gasteiger partial charge in [0.25, 0.3) is 0 Å². The average molecular weight is 274 g/mol. The zero-order chi connectivity index (χ0) is 13.8. The van der Waals surface area contributed by atoms with E-state index in [2.05, 4.69) is 12.2 Å². The SMILES string of the molecule is CC(C)N(CC(=O)O)C(=O)NCC1(C)CCCS1. The number of carbonyl (C=O) groups excluding carboxylic acids is 1. The molecule has 0 aromatic heterocycles. The second-order valence-corrected chi connectivity index (χ2v) is 6.86. The fourth-order valence-electron chi connectivity index (χ4n) is 1.98. The largest absolute Gasteiger partial charge is 0.480 e. The summed E-state index contributed by atoms with van der Waals surface area (Å²) in [6, 6.07) is -0.411. The Balaban J connectivity index is 2.48. The van der Waals surface area contributed by atoms with Crippen molar-refractivity contribution in [3.8, 4) is 0 Å². The van der Waals surface area contributed by atoms with E-state index in [0.29, 0.717) is 6.54 Å². The smallest absolute Gasteiger partial charge is 0.323 e. The van der Waals surface area contributed by atoms with Crippen LogP contribution in [0.15, 0.2) is 0 Å². The van der Waals surface area contributed by atoms with Gasteiger partial charge in [-0.3, -0.25) is 4.79 Å². The molecule has 1 fully saturated rings. The van der Waals surface area contributed by atoms with Crippen molar-refractivity contribution in [1.29, 1.82) is 0 Å². The van der Waals surface area contributed by atoms with Crippen molar-refractivity contribution in [2.24, 2.45) is 0 Å². The van der Waals surface area contributed by atoms with Crippen LogP contribution in [-0.2, 0) is 4.79 Å². The molecule has 0 radical (unpaired) electrons. The van der Waals surface area contributed by atoms with Gasteiger partial charge in [-0.05, 0) is 39.4 Å². The van der Waals surface area contributed by atoms with Crippen LogP contribution >= 0.6 is 11.8 Å². The van der Waals surface area contributed by atoms with Gasteiger partial charge in [-0.1, -0.05) is 0 Å². The molecular formula is C12H22N2O3S. The van der Waals surface area contributed by atoms with Crippen molar-refractivity contribution < 1.29 is 14.7 Å². The van der Waals surface area contributed by atoms with Gasteiger partial charge >= 0.3 is 12.0 Å². The van der Waals surface area contributed by atoms with E-state index < -0.39 is 5.97 Å². The van der Waals surface area contributed by atoms with E-state index in [4.69, 9.17) is 5.11 Å². The topological polar surface area (TPSA) is 69.6 Å². The second kappa shape index (κ2) is 6.31. The van der Waals surface area contributed by atoms with Crippen molar-refractivity contribution in [3.05, 3.63) is 0 Å². The van der Waals surface area contributed by atoms with Crippen LogP contribution < -0.4 is 5.32 Å². The molecule has 1 saturated heterocycles. The van der Waals surface area contributed by atoms with E-state index in [-0.39, 0.29) is 23.4 Å². The van der Waals surface area contributed by atoms with Gasteiger partial charge in [-0.15, -0.1) is 0 Å². The first kappa shape index (κ1) is 15.1. The van der Waals surface area contributed by atoms with Crippen LogP contribution in [0.5, 0.6) is 0 Å². The maximum absolute atomic E-state index is 12.0. The maximum atomic E-state index is 12.0. The molecule has 1 heterocycles. The first-order chi connectivity index (χ1) is 8.34. The Bertz CT molecular complexity index is 314. The predicted molar refractivity (Wildman–Crippen MR) is 73.0 cm³/mol. The third-order valence-electron chi connectivity index (χ3n) is 3.10. The fraction of sp³-hybridized carbons (Fsp3) is 0.833. The summed E-state index contributed by atoms with van der Waals surface area (Å²) in [5, 5.41) is 11.6. The first-order valence-corrected chi connectivity index (χ1v) is 7.23. The Morgan fingerprint density at radius 3 is 2.61 bits per heavy atom. The fourth-order valence-corrected chi connectivity index (χ4v) is 3.22. The highest BCUT2D eigenvalue weighted by molar-refractivity contribution is 8.00. The number of rotatable bonds is 5. The molecule has 0 bridgehead atoms. The molecule has 0 aliphatic carbocycles. The number of nitrogens with zero attached hydrogens (tertiary/aromatic N) is 1. The molecule has 0 spiro atoms. The minimum Gasteiger partial charge on any atom is -0.480 e. The standard InChI is InChI=1S/C12H22N2O3S/c1-9(2)14(7-10(15)16)11(17)13-8-12(3)5-4-6-18-12/h9H,4-8H2,1-3H3,(H,13,17)(H,15,16). The van der Waals surface area contributed by atoms with Crippen LogP contribution in [0.1, 0.15) is 33.6 Å². The number of thioether (sulfide) groups is 1. The minimum atomic E-state index is -0.986. The number of hydrogen-bond acceptors (Lipinski definition) is 3. The first-order valence-electron chi connectivity index (χ1n) is 6.24. The van der Waals surface area contributed by atoms with Crippen molar-refractivity contribution in [2.75, 3.05) is 18.8 Å². The van der Waals surface area contributed by atoms with Gasteiger partial charge in [0, 0.05) is 17.3 Å². The quantitative estimate of drug-likeness (QED) is 0.801. The van der Waals surface area contributed by atoms with Crippen molar-refractivity contribution in [3.63, 3.8) is 0 Å². The van der Waals surface area contributed by atoms with E-state index in [9.17, 15) is 9.59 Å². The zero-order valence-corrected chi connectivity index (χ0v) is 12.0. The van der Waals surface area contributed by atoms with Gasteiger partial charge in [-0.25, -0.2) is 4.79 Å². The molecule has 1 unspecified atom stereocenters. The molecule has 18 heavy (non-hydrogen) atoms. The maximum Gasteiger partial charge on any atom is 0.323 e. The van der Waals surface area contributed by atoms with E-state index in [1.165, 1.54) is 11.3 Å². The van der Waals surface area contributed by atoms with Gasteiger partial charge in [-0.2, -0.15) is 11.8 Å². The second-order valence-electron chi connectivity index (χ2n) is 5.18. The molecule has 0 aromatic carbocycles. The van der Waals surface area contributed by atoms with Gasteiger partial charge in [0.15, 0.2) is 0 Å². The molecule has 1 aliphatic rings. The monoisotopic (exact) mass is 274 g/mol. The van der Waals surface area contributed by atoms with Crippen LogP contribution in [0, 0.1) is 0 Å². The summed E-state index contributed by atoms with van der Waals surface area (Å²) in [4.78, 5) is 24.0. The lowest BCUT2D eigenvalue weighted by Gasteiger charge is -2.28. The third kappa shape index (κ3) is 4.40. The number of aliphatic carboxylic acids is 1. The van der Waals surface area contributed by atoms with Gasteiger partial charge < -0.3 is 15.3 Å². The van der Waals surface area contributed by atoms with Crippen LogP contribution in [0.4, 0.5) is 4.79 Å². The molecule has 6 heteroatoms. The van der Waals surface area contributed by atoms with E-state index in [1.807, 2.05) is 25.6 Å². The third-order valence-corrected chi connectivity index (χ3v) is 4.64. The van der Waals surface area contributed by atoms with Crippen LogP contribution in [-0.4, -0.2) is 51.6 Å². The van der Waals surface area contributed by atoms with Crippen molar-refractivity contribution in [2.45, 2.75) is 44.4 Å². The normalized spacial score (nSPS) is 23.1.